The van der Waals surface area contributed by atoms with Crippen molar-refractivity contribution >= 4 is 11.7 Å². The number of hydrogen-bond donors (Lipinski definition) is 2. The van der Waals surface area contributed by atoms with Crippen LogP contribution in [-0.2, 0) is 11.2 Å². The molecule has 0 radical (unpaired) electrons. The number of carboxylic acids is 1. The fourth-order valence-electron chi connectivity index (χ4n) is 1.24. The van der Waals surface area contributed by atoms with Crippen LogP contribution in [0.25, 0.3) is 0 Å². The summed E-state index contributed by atoms with van der Waals surface area (Å²) in [5.41, 5.74) is 1.19. The van der Waals surface area contributed by atoms with E-state index >= 15 is 0 Å². The lowest BCUT2D eigenvalue weighted by molar-refractivity contribution is -0.139. The maximum Gasteiger partial charge on any atom is 0.321 e. The highest BCUT2D eigenvalue weighted by molar-refractivity contribution is 5.73. The number of likely N-dealkylation sites (N-methyl/N-ethyl adjacent to an activating group) is 1. The monoisotopic (exact) mass is 208 g/mol. The van der Waals surface area contributed by atoms with Crippen LogP contribution in [0.3, 0.4) is 0 Å². The van der Waals surface area contributed by atoms with Gasteiger partial charge >= 0.3 is 5.97 Å². The van der Waals surface area contributed by atoms with E-state index in [2.05, 4.69) is 10.5 Å². The number of nitrogens with one attached hydrogen (secondary N) is 1. The summed E-state index contributed by atoms with van der Waals surface area (Å²) in [6.45, 7) is 0. The van der Waals surface area contributed by atoms with Gasteiger partial charge in [-0.3, -0.25) is 4.79 Å². The quantitative estimate of drug-likeness (QED) is 0.715. The Morgan fingerprint density at radius 2 is 2.07 bits per heavy atom. The van der Waals surface area contributed by atoms with Crippen LogP contribution in [0, 0.1) is 4.91 Å². The molecule has 0 saturated heterocycles. The van der Waals surface area contributed by atoms with Gasteiger partial charge in [0.15, 0.2) is 0 Å². The van der Waals surface area contributed by atoms with Crippen LogP contribution < -0.4 is 5.32 Å². The third-order valence-electron chi connectivity index (χ3n) is 2.13. The van der Waals surface area contributed by atoms with Gasteiger partial charge in [-0.05, 0) is 36.3 Å². The Morgan fingerprint density at radius 1 is 1.47 bits per heavy atom. The average molecular weight is 208 g/mol. The molecular formula is C10H12N2O3. The SMILES string of the molecule is CN[C@@H](Cc1ccc(N=O)cc1)C(=O)O. The van der Waals surface area contributed by atoms with Gasteiger partial charge in [0.2, 0.25) is 0 Å². The van der Waals surface area contributed by atoms with E-state index in [1.807, 2.05) is 0 Å². The normalized spacial score (nSPS) is 12.1. The minimum absolute atomic E-state index is 0.343. The van der Waals surface area contributed by atoms with E-state index in [4.69, 9.17) is 5.11 Å². The highest BCUT2D eigenvalue weighted by Crippen LogP contribution is 2.13. The number of rotatable bonds is 5. The molecule has 0 unspecified atom stereocenters. The van der Waals surface area contributed by atoms with Crippen LogP contribution in [-0.4, -0.2) is 24.2 Å². The summed E-state index contributed by atoms with van der Waals surface area (Å²) < 4.78 is 0. The van der Waals surface area contributed by atoms with E-state index in [-0.39, 0.29) is 0 Å². The molecule has 0 bridgehead atoms. The van der Waals surface area contributed by atoms with Crippen molar-refractivity contribution in [3.05, 3.63) is 34.7 Å². The molecule has 1 atom stereocenters. The van der Waals surface area contributed by atoms with Gasteiger partial charge in [-0.1, -0.05) is 12.1 Å². The zero-order valence-corrected chi connectivity index (χ0v) is 8.30. The number of nitrogens with zero attached hydrogens (tertiary/aromatic N) is 1. The first-order valence-electron chi connectivity index (χ1n) is 4.49. The summed E-state index contributed by atoms with van der Waals surface area (Å²) in [6, 6.07) is 5.92. The van der Waals surface area contributed by atoms with Crippen molar-refractivity contribution in [3.63, 3.8) is 0 Å². The number of carbonyl (C=O) groups is 1. The minimum Gasteiger partial charge on any atom is -0.480 e. The molecule has 0 aliphatic rings. The van der Waals surface area contributed by atoms with E-state index in [1.165, 1.54) is 0 Å². The Balaban J connectivity index is 2.71. The Bertz CT molecular complexity index is 348. The molecule has 15 heavy (non-hydrogen) atoms. The number of carboxylic acid groups (broad SMARTS) is 1. The third kappa shape index (κ3) is 3.14. The van der Waals surface area contributed by atoms with Gasteiger partial charge in [-0.25, -0.2) is 0 Å². The average Bonchev–Trinajstić information content (AvgIpc) is 2.26. The predicted molar refractivity (Wildman–Crippen MR) is 56.1 cm³/mol. The second kappa shape index (κ2) is 5.21. The molecule has 1 aromatic rings. The van der Waals surface area contributed by atoms with E-state index in [0.717, 1.165) is 5.56 Å². The topological polar surface area (TPSA) is 78.8 Å². The maximum atomic E-state index is 10.7. The second-order valence-electron chi connectivity index (χ2n) is 3.14. The molecule has 0 aromatic heterocycles. The molecule has 0 saturated carbocycles. The molecule has 0 fully saturated rings. The summed E-state index contributed by atoms with van der Waals surface area (Å²) in [5, 5.41) is 14.3. The summed E-state index contributed by atoms with van der Waals surface area (Å²) in [5.74, 6) is -0.893. The molecule has 5 heteroatoms. The van der Waals surface area contributed by atoms with Crippen LogP contribution in [0.2, 0.25) is 0 Å². The molecule has 80 valence electrons. The van der Waals surface area contributed by atoms with Gasteiger partial charge in [0.1, 0.15) is 11.7 Å². The maximum absolute atomic E-state index is 10.7. The number of aliphatic carboxylic acids is 1. The smallest absolute Gasteiger partial charge is 0.321 e. The zero-order valence-electron chi connectivity index (χ0n) is 8.30. The number of benzene rings is 1. The lowest BCUT2D eigenvalue weighted by Gasteiger charge is -2.10. The molecule has 1 rings (SSSR count). The van der Waals surface area contributed by atoms with E-state index in [0.29, 0.717) is 12.1 Å². The first-order valence-corrected chi connectivity index (χ1v) is 4.49. The van der Waals surface area contributed by atoms with Crippen molar-refractivity contribution in [1.29, 1.82) is 0 Å². The van der Waals surface area contributed by atoms with Crippen LogP contribution in [0.1, 0.15) is 5.56 Å². The fourth-order valence-corrected chi connectivity index (χ4v) is 1.24. The second-order valence-corrected chi connectivity index (χ2v) is 3.14. The molecule has 5 nitrogen and oxygen atoms in total. The van der Waals surface area contributed by atoms with Crippen LogP contribution >= 0.6 is 0 Å². The third-order valence-corrected chi connectivity index (χ3v) is 2.13. The van der Waals surface area contributed by atoms with Crippen molar-refractivity contribution in [1.82, 2.24) is 5.32 Å². The summed E-state index contributed by atoms with van der Waals surface area (Å²) in [6.07, 6.45) is 0.380. The van der Waals surface area contributed by atoms with Crippen LogP contribution in [0.15, 0.2) is 29.4 Å². The van der Waals surface area contributed by atoms with Crippen molar-refractivity contribution in [2.75, 3.05) is 7.05 Å². The predicted octanol–water partition coefficient (Wildman–Crippen LogP) is 1.30. The van der Waals surface area contributed by atoms with E-state index < -0.39 is 12.0 Å². The highest BCUT2D eigenvalue weighted by atomic mass is 16.4. The lowest BCUT2D eigenvalue weighted by Crippen LogP contribution is -2.35. The van der Waals surface area contributed by atoms with E-state index in [9.17, 15) is 9.70 Å². The first-order chi connectivity index (χ1) is 7.17. The largest absolute Gasteiger partial charge is 0.480 e. The Hall–Kier alpha value is -1.75. The van der Waals surface area contributed by atoms with Crippen molar-refractivity contribution < 1.29 is 9.90 Å². The fraction of sp³-hybridized carbons (Fsp3) is 0.300. The van der Waals surface area contributed by atoms with E-state index in [1.54, 1.807) is 31.3 Å². The van der Waals surface area contributed by atoms with Gasteiger partial charge in [0.05, 0.1) is 0 Å². The Morgan fingerprint density at radius 3 is 2.47 bits per heavy atom. The van der Waals surface area contributed by atoms with Gasteiger partial charge in [-0.15, -0.1) is 4.91 Å². The van der Waals surface area contributed by atoms with Gasteiger partial charge < -0.3 is 10.4 Å². The summed E-state index contributed by atoms with van der Waals surface area (Å²) in [4.78, 5) is 20.9. The van der Waals surface area contributed by atoms with Crippen LogP contribution in [0.5, 0.6) is 0 Å². The van der Waals surface area contributed by atoms with Crippen molar-refractivity contribution in [3.8, 4) is 0 Å². The van der Waals surface area contributed by atoms with Gasteiger partial charge in [0, 0.05) is 0 Å². The zero-order chi connectivity index (χ0) is 11.3. The Labute approximate surface area is 87.1 Å². The molecule has 0 aliphatic heterocycles. The highest BCUT2D eigenvalue weighted by Gasteiger charge is 2.14. The molecule has 0 spiro atoms. The Kier molecular flexibility index (Phi) is 3.93. The molecular weight excluding hydrogens is 196 g/mol. The summed E-state index contributed by atoms with van der Waals surface area (Å²) in [7, 11) is 1.60. The number of hydrogen-bond acceptors (Lipinski definition) is 4. The standard InChI is InChI=1S/C10H12N2O3/c1-11-9(10(13)14)6-7-2-4-8(12-15)5-3-7/h2-5,9,11H,6H2,1H3,(H,13,14)/t9-/m0/s1. The lowest BCUT2D eigenvalue weighted by atomic mass is 10.1. The summed E-state index contributed by atoms with van der Waals surface area (Å²) >= 11 is 0. The van der Waals surface area contributed by atoms with Gasteiger partial charge in [0.25, 0.3) is 0 Å². The van der Waals surface area contributed by atoms with Crippen LogP contribution in [0.4, 0.5) is 5.69 Å². The van der Waals surface area contributed by atoms with Crippen molar-refractivity contribution in [2.24, 2.45) is 5.18 Å². The molecule has 0 aliphatic carbocycles. The molecule has 0 heterocycles. The molecule has 2 N–H and O–H groups in total. The first kappa shape index (κ1) is 11.3. The number of nitroso groups, excluding NO2 is 1. The molecule has 1 aromatic carbocycles. The molecule has 0 amide bonds. The van der Waals surface area contributed by atoms with Gasteiger partial charge in [-0.2, -0.15) is 0 Å². The van der Waals surface area contributed by atoms with Crippen molar-refractivity contribution in [2.45, 2.75) is 12.5 Å². The minimum atomic E-state index is -0.893.